The van der Waals surface area contributed by atoms with Gasteiger partial charge in [-0.15, -0.1) is 11.3 Å². The number of rotatable bonds is 4. The van der Waals surface area contributed by atoms with Crippen molar-refractivity contribution in [3.8, 4) is 0 Å². The molecule has 0 radical (unpaired) electrons. The molecule has 0 atom stereocenters. The van der Waals surface area contributed by atoms with E-state index in [0.29, 0.717) is 22.3 Å². The summed E-state index contributed by atoms with van der Waals surface area (Å²) in [6, 6.07) is 5.28. The number of fused-ring (bicyclic) bond motifs is 1. The molecule has 0 bridgehead atoms. The van der Waals surface area contributed by atoms with Crippen LogP contribution in [0.25, 0.3) is 10.9 Å². The molecule has 2 amide bonds. The molecular weight excluding hydrogens is 368 g/mol. The smallest absolute Gasteiger partial charge is 0.413 e. The van der Waals surface area contributed by atoms with Crippen molar-refractivity contribution in [2.75, 3.05) is 16.4 Å². The van der Waals surface area contributed by atoms with Crippen LogP contribution in [0.2, 0.25) is 0 Å². The number of nitrogens with two attached hydrogens (primary N) is 1. The van der Waals surface area contributed by atoms with Gasteiger partial charge in [-0.2, -0.15) is 5.10 Å². The Hall–Kier alpha value is -3.14. The number of nitrogens with zero attached hydrogens (tertiary/aromatic N) is 2. The van der Waals surface area contributed by atoms with Crippen LogP contribution in [0.4, 0.5) is 21.4 Å². The predicted molar refractivity (Wildman–Crippen MR) is 105 cm³/mol. The lowest BCUT2D eigenvalue weighted by Gasteiger charge is -2.18. The number of hydrogen-bond acceptors (Lipinski definition) is 7. The topological polar surface area (TPSA) is 135 Å². The van der Waals surface area contributed by atoms with Gasteiger partial charge in [-0.3, -0.25) is 15.2 Å². The number of carbonyl (C=O) groups is 2. The number of aromatic amines is 1. The molecule has 3 rings (SSSR count). The molecule has 0 fully saturated rings. The van der Waals surface area contributed by atoms with Gasteiger partial charge in [-0.1, -0.05) is 0 Å². The van der Waals surface area contributed by atoms with Gasteiger partial charge in [0.05, 0.1) is 17.6 Å². The number of thiazole rings is 1. The highest BCUT2D eigenvalue weighted by Crippen LogP contribution is 2.23. The number of ether oxygens (including phenoxy) is 1. The maximum absolute atomic E-state index is 12.3. The maximum atomic E-state index is 12.3. The average Bonchev–Trinajstić information content (AvgIpc) is 3.12. The maximum Gasteiger partial charge on any atom is 0.413 e. The molecule has 142 valence electrons. The molecule has 0 saturated carbocycles. The summed E-state index contributed by atoms with van der Waals surface area (Å²) in [5, 5.41) is 15.0. The number of H-pyrrole nitrogens is 1. The highest BCUT2D eigenvalue weighted by Gasteiger charge is 2.18. The van der Waals surface area contributed by atoms with Crippen molar-refractivity contribution in [1.29, 1.82) is 0 Å². The fourth-order valence-corrected chi connectivity index (χ4v) is 3.00. The first kappa shape index (κ1) is 18.6. The second kappa shape index (κ2) is 7.23. The van der Waals surface area contributed by atoms with Gasteiger partial charge in [0.2, 0.25) is 5.91 Å². The van der Waals surface area contributed by atoms with Gasteiger partial charge in [-0.05, 0) is 39.0 Å². The number of aromatic nitrogens is 3. The molecule has 5 N–H and O–H groups in total. The van der Waals surface area contributed by atoms with Gasteiger partial charge in [0, 0.05) is 16.5 Å². The summed E-state index contributed by atoms with van der Waals surface area (Å²) in [4.78, 5) is 28.3. The van der Waals surface area contributed by atoms with E-state index in [9.17, 15) is 9.59 Å². The van der Waals surface area contributed by atoms with Crippen LogP contribution in [0.1, 0.15) is 26.5 Å². The third-order valence-corrected chi connectivity index (χ3v) is 4.15. The largest absolute Gasteiger partial charge is 0.444 e. The molecule has 27 heavy (non-hydrogen) atoms. The van der Waals surface area contributed by atoms with Crippen molar-refractivity contribution in [2.24, 2.45) is 0 Å². The Balaban J connectivity index is 1.60. The Kier molecular flexibility index (Phi) is 5.00. The first-order valence-corrected chi connectivity index (χ1v) is 9.05. The van der Waals surface area contributed by atoms with E-state index in [0.717, 1.165) is 10.9 Å². The van der Waals surface area contributed by atoms with Crippen LogP contribution in [-0.2, 0) is 16.0 Å². The van der Waals surface area contributed by atoms with Crippen molar-refractivity contribution in [3.63, 3.8) is 0 Å². The van der Waals surface area contributed by atoms with Crippen LogP contribution in [0.3, 0.4) is 0 Å². The van der Waals surface area contributed by atoms with E-state index in [4.69, 9.17) is 10.5 Å². The standard InChI is InChI=1S/C17H20N6O3S/c1-17(2,3)26-16(25)21-15-19-10(8-27-15)7-13(24)20-14-11-6-9(18)4-5-12(11)22-23-14/h4-6,8H,7,18H2,1-3H3,(H,19,21,25)(H2,20,22,23,24). The summed E-state index contributed by atoms with van der Waals surface area (Å²) in [5.41, 5.74) is 7.07. The molecule has 0 aliphatic rings. The van der Waals surface area contributed by atoms with E-state index in [1.165, 1.54) is 11.3 Å². The monoisotopic (exact) mass is 388 g/mol. The van der Waals surface area contributed by atoms with Gasteiger partial charge in [0.1, 0.15) is 5.60 Å². The average molecular weight is 388 g/mol. The Morgan fingerprint density at radius 1 is 1.30 bits per heavy atom. The van der Waals surface area contributed by atoms with Crippen LogP contribution in [0.15, 0.2) is 23.6 Å². The van der Waals surface area contributed by atoms with Crippen LogP contribution < -0.4 is 16.4 Å². The lowest BCUT2D eigenvalue weighted by molar-refractivity contribution is -0.115. The molecule has 3 aromatic rings. The van der Waals surface area contributed by atoms with Gasteiger partial charge < -0.3 is 15.8 Å². The Bertz CT molecular complexity index is 988. The Labute approximate surface area is 159 Å². The van der Waals surface area contributed by atoms with Crippen LogP contribution in [0, 0.1) is 0 Å². The second-order valence-corrected chi connectivity index (χ2v) is 7.73. The minimum atomic E-state index is -0.597. The number of carbonyl (C=O) groups excluding carboxylic acids is 2. The van der Waals surface area contributed by atoms with Gasteiger partial charge in [-0.25, -0.2) is 9.78 Å². The number of nitrogens with one attached hydrogen (secondary N) is 3. The van der Waals surface area contributed by atoms with E-state index in [-0.39, 0.29) is 12.3 Å². The fourth-order valence-electron chi connectivity index (χ4n) is 2.30. The van der Waals surface area contributed by atoms with Crippen molar-refractivity contribution in [2.45, 2.75) is 32.8 Å². The Morgan fingerprint density at radius 3 is 2.81 bits per heavy atom. The van der Waals surface area contributed by atoms with Crippen LogP contribution in [-0.4, -0.2) is 32.8 Å². The number of nitrogen functional groups attached to an aromatic ring is 1. The van der Waals surface area contributed by atoms with Crippen LogP contribution in [0.5, 0.6) is 0 Å². The zero-order chi connectivity index (χ0) is 19.6. The minimum Gasteiger partial charge on any atom is -0.444 e. The van der Waals surface area contributed by atoms with E-state index >= 15 is 0 Å². The SMILES string of the molecule is CC(C)(C)OC(=O)Nc1nc(CC(=O)Nc2n[nH]c3ccc(N)cc23)cs1. The van der Waals surface area contributed by atoms with E-state index < -0.39 is 11.7 Å². The molecule has 9 nitrogen and oxygen atoms in total. The van der Waals surface area contributed by atoms with Gasteiger partial charge in [0.15, 0.2) is 10.9 Å². The number of benzene rings is 1. The predicted octanol–water partition coefficient (Wildman–Crippen LogP) is 3.13. The lowest BCUT2D eigenvalue weighted by Crippen LogP contribution is -2.27. The molecule has 0 saturated heterocycles. The highest BCUT2D eigenvalue weighted by atomic mass is 32.1. The normalized spacial score (nSPS) is 11.4. The highest BCUT2D eigenvalue weighted by molar-refractivity contribution is 7.13. The van der Waals surface area contributed by atoms with E-state index in [1.807, 2.05) is 0 Å². The first-order valence-electron chi connectivity index (χ1n) is 8.17. The second-order valence-electron chi connectivity index (χ2n) is 6.87. The van der Waals surface area contributed by atoms with Crippen molar-refractivity contribution >= 4 is 50.9 Å². The molecule has 0 aliphatic heterocycles. The summed E-state index contributed by atoms with van der Waals surface area (Å²) in [6.45, 7) is 5.32. The van der Waals surface area contributed by atoms with Crippen molar-refractivity contribution in [1.82, 2.24) is 15.2 Å². The quantitative estimate of drug-likeness (QED) is 0.507. The molecule has 2 aromatic heterocycles. The molecule has 0 unspecified atom stereocenters. The third kappa shape index (κ3) is 4.94. The minimum absolute atomic E-state index is 0.0448. The number of amides is 2. The van der Waals surface area contributed by atoms with Gasteiger partial charge >= 0.3 is 6.09 Å². The fraction of sp³-hybridized carbons (Fsp3) is 0.294. The Morgan fingerprint density at radius 2 is 2.07 bits per heavy atom. The van der Waals surface area contributed by atoms with Crippen molar-refractivity contribution in [3.05, 3.63) is 29.3 Å². The molecule has 10 heteroatoms. The van der Waals surface area contributed by atoms with Gasteiger partial charge in [0.25, 0.3) is 0 Å². The van der Waals surface area contributed by atoms with Crippen LogP contribution >= 0.6 is 11.3 Å². The van der Waals surface area contributed by atoms with E-state index in [2.05, 4.69) is 25.8 Å². The summed E-state index contributed by atoms with van der Waals surface area (Å²) >= 11 is 1.22. The van der Waals surface area contributed by atoms with E-state index in [1.54, 1.807) is 44.4 Å². The summed E-state index contributed by atoms with van der Waals surface area (Å²) in [5.74, 6) is 0.129. The molecule has 2 heterocycles. The summed E-state index contributed by atoms with van der Waals surface area (Å²) in [6.07, 6.45) is -0.545. The summed E-state index contributed by atoms with van der Waals surface area (Å²) in [7, 11) is 0. The third-order valence-electron chi connectivity index (χ3n) is 3.35. The molecule has 0 aliphatic carbocycles. The molecular formula is C17H20N6O3S. The van der Waals surface area contributed by atoms with Crippen molar-refractivity contribution < 1.29 is 14.3 Å². The first-order chi connectivity index (χ1) is 12.7. The lowest BCUT2D eigenvalue weighted by atomic mass is 10.2. The number of hydrogen-bond donors (Lipinski definition) is 4. The number of anilines is 3. The molecule has 0 spiro atoms. The molecule has 1 aromatic carbocycles. The zero-order valence-electron chi connectivity index (χ0n) is 15.1. The summed E-state index contributed by atoms with van der Waals surface area (Å²) < 4.78 is 5.17. The zero-order valence-corrected chi connectivity index (χ0v) is 15.9.